The Morgan fingerprint density at radius 2 is 1.96 bits per heavy atom. The normalized spacial score (nSPS) is 13.7. The molecule has 0 N–H and O–H groups in total. The quantitative estimate of drug-likeness (QED) is 0.680. The van der Waals surface area contributed by atoms with E-state index >= 15 is 0 Å². The Hall–Kier alpha value is -2.82. The van der Waals surface area contributed by atoms with Gasteiger partial charge in [-0.3, -0.25) is 9.78 Å². The highest BCUT2D eigenvalue weighted by molar-refractivity contribution is 5.93. The number of aryl methyl sites for hydroxylation is 1. The minimum absolute atomic E-state index is 0.204. The summed E-state index contributed by atoms with van der Waals surface area (Å²) in [6.07, 6.45) is 2.89. The molecule has 0 fully saturated rings. The monoisotopic (exact) mass is 349 g/mol. The van der Waals surface area contributed by atoms with E-state index in [1.165, 1.54) is 18.2 Å². The van der Waals surface area contributed by atoms with Crippen LogP contribution >= 0.6 is 0 Å². The zero-order valence-corrected chi connectivity index (χ0v) is 15.5. The third-order valence-corrected chi connectivity index (χ3v) is 5.46. The standard InChI is InChI=1S/C21H23N3O2/c1-14-15(2)24(13-19(25)26-3)21-18(8-10-22-20(14)21)23-11-9-16-6-4-5-7-17(16)12-23/h4-8,10H,9,11-13H2,1-3H3. The number of aromatic nitrogens is 2. The van der Waals surface area contributed by atoms with E-state index in [0.717, 1.165) is 47.5 Å². The number of fused-ring (bicyclic) bond motifs is 2. The summed E-state index contributed by atoms with van der Waals surface area (Å²) in [7, 11) is 1.43. The van der Waals surface area contributed by atoms with Gasteiger partial charge in [-0.15, -0.1) is 0 Å². The molecule has 0 saturated heterocycles. The van der Waals surface area contributed by atoms with Gasteiger partial charge in [0.15, 0.2) is 0 Å². The molecule has 0 atom stereocenters. The zero-order valence-electron chi connectivity index (χ0n) is 15.5. The molecule has 3 aromatic rings. The smallest absolute Gasteiger partial charge is 0.325 e. The number of benzene rings is 1. The fourth-order valence-corrected chi connectivity index (χ4v) is 3.87. The number of hydrogen-bond donors (Lipinski definition) is 0. The SMILES string of the molecule is COC(=O)Cn1c(C)c(C)c2nccc(N3CCc4ccccc4C3)c21. The Kier molecular flexibility index (Phi) is 4.15. The maximum absolute atomic E-state index is 12.0. The first-order valence-corrected chi connectivity index (χ1v) is 8.93. The molecule has 4 rings (SSSR count). The number of nitrogens with zero attached hydrogens (tertiary/aromatic N) is 3. The van der Waals surface area contributed by atoms with Gasteiger partial charge in [0, 0.05) is 25.0 Å². The van der Waals surface area contributed by atoms with Crippen LogP contribution in [0.25, 0.3) is 11.0 Å². The summed E-state index contributed by atoms with van der Waals surface area (Å²) < 4.78 is 6.95. The van der Waals surface area contributed by atoms with Crippen molar-refractivity contribution < 1.29 is 9.53 Å². The first-order chi connectivity index (χ1) is 12.6. The van der Waals surface area contributed by atoms with Crippen LogP contribution in [-0.4, -0.2) is 29.2 Å². The fourth-order valence-electron chi connectivity index (χ4n) is 3.87. The number of esters is 1. The second kappa shape index (κ2) is 6.48. The minimum Gasteiger partial charge on any atom is -0.468 e. The first-order valence-electron chi connectivity index (χ1n) is 8.93. The highest BCUT2D eigenvalue weighted by Gasteiger charge is 2.23. The number of anilines is 1. The number of methoxy groups -OCH3 is 1. The van der Waals surface area contributed by atoms with Crippen molar-refractivity contribution in [1.29, 1.82) is 0 Å². The predicted molar refractivity (Wildman–Crippen MR) is 102 cm³/mol. The van der Waals surface area contributed by atoms with Crippen molar-refractivity contribution in [3.63, 3.8) is 0 Å². The van der Waals surface area contributed by atoms with Crippen molar-refractivity contribution in [2.75, 3.05) is 18.6 Å². The second-order valence-electron chi connectivity index (χ2n) is 6.84. The molecule has 0 aliphatic carbocycles. The molecule has 0 unspecified atom stereocenters. The van der Waals surface area contributed by atoms with E-state index in [2.05, 4.69) is 47.1 Å². The Morgan fingerprint density at radius 1 is 1.19 bits per heavy atom. The van der Waals surface area contributed by atoms with Crippen LogP contribution in [0.4, 0.5) is 5.69 Å². The number of carbonyl (C=O) groups is 1. The summed E-state index contributed by atoms with van der Waals surface area (Å²) in [5, 5.41) is 0. The van der Waals surface area contributed by atoms with Gasteiger partial charge in [-0.25, -0.2) is 0 Å². The largest absolute Gasteiger partial charge is 0.468 e. The summed E-state index contributed by atoms with van der Waals surface area (Å²) in [5.41, 5.74) is 8.07. The van der Waals surface area contributed by atoms with Crippen molar-refractivity contribution in [2.24, 2.45) is 0 Å². The van der Waals surface area contributed by atoms with Crippen LogP contribution in [0, 0.1) is 13.8 Å². The van der Waals surface area contributed by atoms with E-state index in [9.17, 15) is 4.79 Å². The summed E-state index contributed by atoms with van der Waals surface area (Å²) in [6.45, 7) is 6.13. The van der Waals surface area contributed by atoms with Crippen LogP contribution in [0.15, 0.2) is 36.5 Å². The summed E-state index contributed by atoms with van der Waals surface area (Å²) in [4.78, 5) is 18.9. The molecule has 1 aliphatic heterocycles. The van der Waals surface area contributed by atoms with Gasteiger partial charge in [0.1, 0.15) is 6.54 Å². The number of hydrogen-bond acceptors (Lipinski definition) is 4. The third kappa shape index (κ3) is 2.64. The van der Waals surface area contributed by atoms with Crippen LogP contribution in [0.1, 0.15) is 22.4 Å². The van der Waals surface area contributed by atoms with E-state index in [1.54, 1.807) is 0 Å². The highest BCUT2D eigenvalue weighted by atomic mass is 16.5. The molecule has 0 spiro atoms. The lowest BCUT2D eigenvalue weighted by Gasteiger charge is -2.31. The molecule has 0 radical (unpaired) electrons. The average Bonchev–Trinajstić information content (AvgIpc) is 2.92. The van der Waals surface area contributed by atoms with Crippen molar-refractivity contribution in [3.05, 3.63) is 58.9 Å². The van der Waals surface area contributed by atoms with Crippen LogP contribution in [0.2, 0.25) is 0 Å². The van der Waals surface area contributed by atoms with Gasteiger partial charge in [0.05, 0.1) is 23.8 Å². The molecular formula is C21H23N3O2. The molecule has 3 heterocycles. The van der Waals surface area contributed by atoms with Crippen molar-refractivity contribution in [2.45, 2.75) is 33.4 Å². The van der Waals surface area contributed by atoms with E-state index < -0.39 is 0 Å². The fraction of sp³-hybridized carbons (Fsp3) is 0.333. The van der Waals surface area contributed by atoms with E-state index in [4.69, 9.17) is 4.74 Å². The van der Waals surface area contributed by atoms with Crippen LogP contribution in [0.3, 0.4) is 0 Å². The lowest BCUT2D eigenvalue weighted by atomic mass is 9.99. The van der Waals surface area contributed by atoms with Gasteiger partial charge in [0.2, 0.25) is 0 Å². The highest BCUT2D eigenvalue weighted by Crippen LogP contribution is 2.34. The molecule has 134 valence electrons. The molecule has 1 aliphatic rings. The molecule has 26 heavy (non-hydrogen) atoms. The topological polar surface area (TPSA) is 47.4 Å². The number of ether oxygens (including phenoxy) is 1. The van der Waals surface area contributed by atoms with Gasteiger partial charge in [-0.2, -0.15) is 0 Å². The minimum atomic E-state index is -0.246. The lowest BCUT2D eigenvalue weighted by molar-refractivity contribution is -0.141. The van der Waals surface area contributed by atoms with E-state index in [0.29, 0.717) is 0 Å². The zero-order chi connectivity index (χ0) is 18.3. The predicted octanol–water partition coefficient (Wildman–Crippen LogP) is 3.39. The Bertz CT molecular complexity index is 990. The van der Waals surface area contributed by atoms with Gasteiger partial charge in [-0.05, 0) is 43.0 Å². The Labute approximate surface area is 153 Å². The van der Waals surface area contributed by atoms with Gasteiger partial charge < -0.3 is 14.2 Å². The van der Waals surface area contributed by atoms with Crippen LogP contribution < -0.4 is 4.90 Å². The summed E-state index contributed by atoms with van der Waals surface area (Å²) in [6, 6.07) is 10.7. The average molecular weight is 349 g/mol. The van der Waals surface area contributed by atoms with Crippen molar-refractivity contribution in [3.8, 4) is 0 Å². The van der Waals surface area contributed by atoms with Crippen LogP contribution in [-0.2, 0) is 29.0 Å². The number of pyridine rings is 1. The molecular weight excluding hydrogens is 326 g/mol. The van der Waals surface area contributed by atoms with E-state index in [1.807, 2.05) is 17.7 Å². The molecule has 5 heteroatoms. The maximum atomic E-state index is 12.0. The molecule has 0 bridgehead atoms. The molecule has 1 aromatic carbocycles. The van der Waals surface area contributed by atoms with E-state index in [-0.39, 0.29) is 12.5 Å². The van der Waals surface area contributed by atoms with Gasteiger partial charge in [0.25, 0.3) is 0 Å². The summed E-state index contributed by atoms with van der Waals surface area (Å²) in [5.74, 6) is -0.246. The number of rotatable bonds is 3. The lowest BCUT2D eigenvalue weighted by Crippen LogP contribution is -2.30. The third-order valence-electron chi connectivity index (χ3n) is 5.46. The van der Waals surface area contributed by atoms with Crippen molar-refractivity contribution >= 4 is 22.7 Å². The Morgan fingerprint density at radius 3 is 2.73 bits per heavy atom. The molecule has 0 amide bonds. The first kappa shape index (κ1) is 16.6. The summed E-state index contributed by atoms with van der Waals surface area (Å²) >= 11 is 0. The Balaban J connectivity index is 1.83. The molecule has 2 aromatic heterocycles. The van der Waals surface area contributed by atoms with Crippen LogP contribution in [0.5, 0.6) is 0 Å². The van der Waals surface area contributed by atoms with Gasteiger partial charge >= 0.3 is 5.97 Å². The second-order valence-corrected chi connectivity index (χ2v) is 6.84. The molecule has 0 saturated carbocycles. The molecule has 5 nitrogen and oxygen atoms in total. The van der Waals surface area contributed by atoms with Gasteiger partial charge in [-0.1, -0.05) is 24.3 Å². The van der Waals surface area contributed by atoms with Crippen molar-refractivity contribution in [1.82, 2.24) is 9.55 Å². The number of carbonyl (C=O) groups excluding carboxylic acids is 1. The maximum Gasteiger partial charge on any atom is 0.325 e.